The summed E-state index contributed by atoms with van der Waals surface area (Å²) >= 11 is 0. The fourth-order valence-electron chi connectivity index (χ4n) is 7.39. The van der Waals surface area contributed by atoms with Crippen LogP contribution in [0.1, 0.15) is 57.9 Å². The van der Waals surface area contributed by atoms with Crippen LogP contribution in [0.25, 0.3) is 0 Å². The lowest BCUT2D eigenvalue weighted by Crippen LogP contribution is -2.54. The van der Waals surface area contributed by atoms with E-state index >= 15 is 0 Å². The molecule has 4 nitrogen and oxygen atoms in total. The smallest absolute Gasteiger partial charge is 0.330 e. The van der Waals surface area contributed by atoms with Gasteiger partial charge in [0.1, 0.15) is 6.10 Å². The molecule has 1 amide bonds. The van der Waals surface area contributed by atoms with Gasteiger partial charge in [-0.3, -0.25) is 4.79 Å². The topological polar surface area (TPSA) is 55.4 Å². The summed E-state index contributed by atoms with van der Waals surface area (Å²) in [6.07, 6.45) is 10.2. The number of esters is 1. The molecule has 160 valence electrons. The Hall–Kier alpha value is -2.10. The third-order valence-corrected chi connectivity index (χ3v) is 8.98. The average Bonchev–Trinajstić information content (AvgIpc) is 3.11. The predicted octanol–water partition coefficient (Wildman–Crippen LogP) is 4.64. The Bertz CT molecular complexity index is 864. The zero-order valence-corrected chi connectivity index (χ0v) is 18.1. The quantitative estimate of drug-likeness (QED) is 0.743. The van der Waals surface area contributed by atoms with E-state index in [-0.39, 0.29) is 34.7 Å². The molecular weight excluding hydrogens is 374 g/mol. The van der Waals surface area contributed by atoms with Crippen LogP contribution in [0.4, 0.5) is 0 Å². The lowest BCUT2D eigenvalue weighted by molar-refractivity contribution is -0.166. The van der Waals surface area contributed by atoms with E-state index in [0.717, 1.165) is 31.2 Å². The van der Waals surface area contributed by atoms with E-state index in [0.29, 0.717) is 24.3 Å². The normalized spacial score (nSPS) is 41.9. The Balaban J connectivity index is 1.30. The van der Waals surface area contributed by atoms with Gasteiger partial charge in [-0.2, -0.15) is 0 Å². The number of benzene rings is 1. The number of carbonyl (C=O) groups excluding carboxylic acids is 2. The number of ether oxygens (including phenoxy) is 1. The fourth-order valence-corrected chi connectivity index (χ4v) is 7.39. The zero-order chi connectivity index (χ0) is 20.9. The van der Waals surface area contributed by atoms with E-state index in [1.165, 1.54) is 12.8 Å². The standard InChI is InChI=1S/C26H33NO3/c1-25-12-10-20-19(8-9-22-26(20,2)13-11-23(28)30-22)21(25)14-18(15-25)24(29)27-16-17-6-4-3-5-7-17/h3-7,11,13,18-22H,8-10,12,14-16H2,1-2H3,(H,27,29)/t18?,19-,20-,21+,22?,25-,26-/m1/s1. The maximum atomic E-state index is 13.0. The van der Waals surface area contributed by atoms with Gasteiger partial charge in [0.25, 0.3) is 0 Å². The average molecular weight is 408 g/mol. The summed E-state index contributed by atoms with van der Waals surface area (Å²) in [5, 5.41) is 3.19. The second kappa shape index (κ2) is 7.25. The van der Waals surface area contributed by atoms with Crippen LogP contribution in [-0.2, 0) is 20.9 Å². The number of hydrogen-bond acceptors (Lipinski definition) is 3. The summed E-state index contributed by atoms with van der Waals surface area (Å²) in [6.45, 7) is 5.32. The molecule has 0 aromatic heterocycles. The summed E-state index contributed by atoms with van der Waals surface area (Å²) in [5.74, 6) is 1.91. The molecular formula is C26H33NO3. The predicted molar refractivity (Wildman–Crippen MR) is 115 cm³/mol. The highest BCUT2D eigenvalue weighted by Crippen LogP contribution is 2.64. The van der Waals surface area contributed by atoms with Gasteiger partial charge in [0.2, 0.25) is 5.91 Å². The van der Waals surface area contributed by atoms with Gasteiger partial charge in [-0.25, -0.2) is 4.79 Å². The van der Waals surface area contributed by atoms with Crippen LogP contribution in [-0.4, -0.2) is 18.0 Å². The summed E-state index contributed by atoms with van der Waals surface area (Å²) in [5.41, 5.74) is 1.36. The van der Waals surface area contributed by atoms with Crippen LogP contribution < -0.4 is 5.32 Å². The van der Waals surface area contributed by atoms with Gasteiger partial charge in [0, 0.05) is 24.0 Å². The highest BCUT2D eigenvalue weighted by atomic mass is 16.5. The molecule has 1 aromatic carbocycles. The molecule has 0 spiro atoms. The summed E-state index contributed by atoms with van der Waals surface area (Å²) in [6, 6.07) is 10.2. The van der Waals surface area contributed by atoms with Crippen molar-refractivity contribution >= 4 is 11.9 Å². The molecule has 4 aliphatic rings. The SMILES string of the molecule is C[C@]12CC[C@@H]3[C@@H](CCC4OC(=O)C=C[C@@]43C)[C@@H]1CC(C(=O)NCc1ccccc1)C2. The molecule has 2 unspecified atom stereocenters. The highest BCUT2D eigenvalue weighted by Gasteiger charge is 2.59. The largest absolute Gasteiger partial charge is 0.458 e. The van der Waals surface area contributed by atoms with Gasteiger partial charge < -0.3 is 10.1 Å². The molecule has 0 radical (unpaired) electrons. The van der Waals surface area contributed by atoms with E-state index in [1.807, 2.05) is 18.2 Å². The van der Waals surface area contributed by atoms with Crippen LogP contribution in [0.15, 0.2) is 42.5 Å². The molecule has 3 fully saturated rings. The summed E-state index contributed by atoms with van der Waals surface area (Å²) in [7, 11) is 0. The molecule has 7 atom stereocenters. The number of carbonyl (C=O) groups is 2. The Morgan fingerprint density at radius 1 is 1.13 bits per heavy atom. The van der Waals surface area contributed by atoms with Crippen molar-refractivity contribution in [1.29, 1.82) is 0 Å². The number of hydrogen-bond donors (Lipinski definition) is 1. The number of rotatable bonds is 3. The van der Waals surface area contributed by atoms with E-state index in [9.17, 15) is 9.59 Å². The second-order valence-corrected chi connectivity index (χ2v) is 10.6. The first-order valence-electron chi connectivity index (χ1n) is 11.6. The Labute approximate surface area is 179 Å². The lowest BCUT2D eigenvalue weighted by atomic mass is 9.49. The summed E-state index contributed by atoms with van der Waals surface area (Å²) in [4.78, 5) is 24.8. The molecule has 30 heavy (non-hydrogen) atoms. The van der Waals surface area contributed by atoms with Crippen LogP contribution in [0.2, 0.25) is 0 Å². The molecule has 0 saturated heterocycles. The Kier molecular flexibility index (Phi) is 4.79. The minimum absolute atomic E-state index is 0.0203. The van der Waals surface area contributed by atoms with Crippen molar-refractivity contribution in [2.75, 3.05) is 0 Å². The van der Waals surface area contributed by atoms with Gasteiger partial charge in [-0.15, -0.1) is 0 Å². The van der Waals surface area contributed by atoms with Gasteiger partial charge in [-0.1, -0.05) is 50.3 Å². The van der Waals surface area contributed by atoms with Crippen molar-refractivity contribution in [3.63, 3.8) is 0 Å². The van der Waals surface area contributed by atoms with Crippen LogP contribution in [0.5, 0.6) is 0 Å². The molecule has 4 heteroatoms. The van der Waals surface area contributed by atoms with Crippen LogP contribution in [0, 0.1) is 34.5 Å². The van der Waals surface area contributed by atoms with Gasteiger partial charge in [-0.05, 0) is 67.3 Å². The number of amides is 1. The highest BCUT2D eigenvalue weighted by molar-refractivity contribution is 5.83. The first kappa shape index (κ1) is 19.8. The van der Waals surface area contributed by atoms with Gasteiger partial charge >= 0.3 is 5.97 Å². The molecule has 0 bridgehead atoms. The van der Waals surface area contributed by atoms with Crippen molar-refractivity contribution in [2.24, 2.45) is 34.5 Å². The van der Waals surface area contributed by atoms with Crippen molar-refractivity contribution < 1.29 is 14.3 Å². The Morgan fingerprint density at radius 2 is 1.93 bits per heavy atom. The first-order valence-corrected chi connectivity index (χ1v) is 11.6. The van der Waals surface area contributed by atoms with E-state index < -0.39 is 0 Å². The van der Waals surface area contributed by atoms with E-state index in [1.54, 1.807) is 6.08 Å². The number of nitrogens with one attached hydrogen (secondary N) is 1. The molecule has 1 heterocycles. The molecule has 1 aliphatic heterocycles. The van der Waals surface area contributed by atoms with E-state index in [2.05, 4.69) is 37.4 Å². The third kappa shape index (κ3) is 3.19. The summed E-state index contributed by atoms with van der Waals surface area (Å²) < 4.78 is 5.72. The van der Waals surface area contributed by atoms with Crippen LogP contribution >= 0.6 is 0 Å². The van der Waals surface area contributed by atoms with Crippen molar-refractivity contribution in [1.82, 2.24) is 5.32 Å². The van der Waals surface area contributed by atoms with Gasteiger partial charge in [0.15, 0.2) is 0 Å². The second-order valence-electron chi connectivity index (χ2n) is 10.6. The molecule has 1 aromatic rings. The van der Waals surface area contributed by atoms with E-state index in [4.69, 9.17) is 4.74 Å². The Morgan fingerprint density at radius 3 is 2.73 bits per heavy atom. The minimum atomic E-state index is -0.187. The third-order valence-electron chi connectivity index (χ3n) is 8.98. The number of fused-ring (bicyclic) bond motifs is 5. The van der Waals surface area contributed by atoms with Crippen molar-refractivity contribution in [3.8, 4) is 0 Å². The molecule has 5 rings (SSSR count). The minimum Gasteiger partial charge on any atom is -0.458 e. The van der Waals surface area contributed by atoms with Crippen LogP contribution in [0.3, 0.4) is 0 Å². The maximum Gasteiger partial charge on any atom is 0.330 e. The van der Waals surface area contributed by atoms with Crippen molar-refractivity contribution in [2.45, 2.75) is 65.0 Å². The maximum absolute atomic E-state index is 13.0. The monoisotopic (exact) mass is 407 g/mol. The molecule has 3 aliphatic carbocycles. The molecule has 3 saturated carbocycles. The fraction of sp³-hybridized carbons (Fsp3) is 0.615. The zero-order valence-electron chi connectivity index (χ0n) is 18.1. The van der Waals surface area contributed by atoms with Gasteiger partial charge in [0.05, 0.1) is 0 Å². The first-order chi connectivity index (χ1) is 14.4. The van der Waals surface area contributed by atoms with Crippen molar-refractivity contribution in [3.05, 3.63) is 48.0 Å². The molecule has 1 N–H and O–H groups in total. The lowest BCUT2D eigenvalue weighted by Gasteiger charge is -2.57.